The molecule has 32 heavy (non-hydrogen) atoms. The van der Waals surface area contributed by atoms with Crippen molar-refractivity contribution < 1.29 is 28.6 Å². The van der Waals surface area contributed by atoms with Crippen molar-refractivity contribution in [2.75, 3.05) is 13.3 Å². The lowest BCUT2D eigenvalue weighted by Gasteiger charge is -2.33. The van der Waals surface area contributed by atoms with Crippen LogP contribution < -0.4 is 14.8 Å². The van der Waals surface area contributed by atoms with Gasteiger partial charge in [0.15, 0.2) is 17.3 Å². The number of hydrogen-bond acceptors (Lipinski definition) is 8. The van der Waals surface area contributed by atoms with Gasteiger partial charge in [-0.05, 0) is 43.2 Å². The fourth-order valence-electron chi connectivity index (χ4n) is 3.89. The number of amides is 1. The maximum Gasteiger partial charge on any atom is 0.251 e. The molecule has 0 saturated carbocycles. The highest BCUT2D eigenvalue weighted by Gasteiger charge is 2.31. The van der Waals surface area contributed by atoms with Crippen LogP contribution in [0.1, 0.15) is 28.9 Å². The minimum atomic E-state index is -0.648. The second-order valence-corrected chi connectivity index (χ2v) is 7.82. The van der Waals surface area contributed by atoms with Crippen molar-refractivity contribution in [3.8, 4) is 23.0 Å². The van der Waals surface area contributed by atoms with E-state index in [0.717, 1.165) is 11.4 Å². The normalized spacial score (nSPS) is 22.0. The Morgan fingerprint density at radius 1 is 1.12 bits per heavy atom. The number of ether oxygens (including phenoxy) is 3. The van der Waals surface area contributed by atoms with Gasteiger partial charge in [-0.25, -0.2) is 0 Å². The van der Waals surface area contributed by atoms with Gasteiger partial charge in [0.05, 0.1) is 17.9 Å². The van der Waals surface area contributed by atoms with Gasteiger partial charge in [0.25, 0.3) is 5.91 Å². The third-order valence-corrected chi connectivity index (χ3v) is 5.59. The van der Waals surface area contributed by atoms with Crippen LogP contribution in [0.25, 0.3) is 11.5 Å². The lowest BCUT2D eigenvalue weighted by Crippen LogP contribution is -2.46. The lowest BCUT2D eigenvalue weighted by molar-refractivity contribution is -0.114. The molecule has 9 heteroatoms. The van der Waals surface area contributed by atoms with E-state index >= 15 is 0 Å². The SMILES string of the molecule is O=C(NC[C@H]1O[C@H](Cc2cc(-c3ccccn3)on2)CC[C@@H]1O)c1ccc2c(c1)OCO2. The minimum absolute atomic E-state index is 0.132. The fourth-order valence-corrected chi connectivity index (χ4v) is 3.89. The number of carbonyl (C=O) groups is 1. The molecule has 0 bridgehead atoms. The zero-order valence-corrected chi connectivity index (χ0v) is 17.3. The number of nitrogens with one attached hydrogen (secondary N) is 1. The molecule has 4 heterocycles. The van der Waals surface area contributed by atoms with Crippen molar-refractivity contribution in [1.82, 2.24) is 15.5 Å². The molecule has 1 saturated heterocycles. The monoisotopic (exact) mass is 437 g/mol. The van der Waals surface area contributed by atoms with Gasteiger partial charge in [-0.3, -0.25) is 9.78 Å². The van der Waals surface area contributed by atoms with Crippen LogP contribution in [-0.2, 0) is 11.2 Å². The first-order valence-corrected chi connectivity index (χ1v) is 10.5. The van der Waals surface area contributed by atoms with E-state index in [2.05, 4.69) is 15.5 Å². The van der Waals surface area contributed by atoms with E-state index in [1.54, 1.807) is 24.4 Å². The number of aliphatic hydroxyl groups is 1. The average molecular weight is 437 g/mol. The highest BCUT2D eigenvalue weighted by atomic mass is 16.7. The van der Waals surface area contributed by atoms with Crippen LogP contribution in [0.4, 0.5) is 0 Å². The van der Waals surface area contributed by atoms with Crippen LogP contribution >= 0.6 is 0 Å². The summed E-state index contributed by atoms with van der Waals surface area (Å²) in [6, 6.07) is 12.5. The molecule has 5 rings (SSSR count). The zero-order chi connectivity index (χ0) is 21.9. The van der Waals surface area contributed by atoms with Crippen LogP contribution in [0.3, 0.4) is 0 Å². The van der Waals surface area contributed by atoms with Crippen molar-refractivity contribution in [2.45, 2.75) is 37.6 Å². The van der Waals surface area contributed by atoms with Gasteiger partial charge in [-0.1, -0.05) is 11.2 Å². The van der Waals surface area contributed by atoms with E-state index in [-0.39, 0.29) is 25.3 Å². The first kappa shape index (κ1) is 20.5. The van der Waals surface area contributed by atoms with Crippen molar-refractivity contribution in [1.29, 1.82) is 0 Å². The maximum absolute atomic E-state index is 12.5. The summed E-state index contributed by atoms with van der Waals surface area (Å²) in [5, 5.41) is 17.3. The quantitative estimate of drug-likeness (QED) is 0.604. The van der Waals surface area contributed by atoms with E-state index in [4.69, 9.17) is 18.7 Å². The molecule has 0 unspecified atom stereocenters. The maximum atomic E-state index is 12.5. The number of nitrogens with zero attached hydrogens (tertiary/aromatic N) is 2. The first-order chi connectivity index (χ1) is 15.7. The molecule has 3 aromatic rings. The number of rotatable bonds is 6. The molecule has 2 N–H and O–H groups in total. The summed E-state index contributed by atoms with van der Waals surface area (Å²) in [4.78, 5) is 16.8. The lowest BCUT2D eigenvalue weighted by atomic mass is 9.98. The molecular weight excluding hydrogens is 414 g/mol. The van der Waals surface area contributed by atoms with Gasteiger partial charge < -0.3 is 29.2 Å². The Balaban J connectivity index is 1.17. The summed E-state index contributed by atoms with van der Waals surface area (Å²) < 4.78 is 22.1. The third kappa shape index (κ3) is 4.44. The molecule has 0 spiro atoms. The Labute approximate surface area is 184 Å². The number of carbonyl (C=O) groups excluding carboxylic acids is 1. The summed E-state index contributed by atoms with van der Waals surface area (Å²) in [5.74, 6) is 1.50. The van der Waals surface area contributed by atoms with E-state index in [1.807, 2.05) is 24.3 Å². The molecule has 166 valence electrons. The van der Waals surface area contributed by atoms with Crippen molar-refractivity contribution >= 4 is 5.91 Å². The molecule has 9 nitrogen and oxygen atoms in total. The summed E-state index contributed by atoms with van der Waals surface area (Å²) >= 11 is 0. The van der Waals surface area contributed by atoms with Crippen molar-refractivity contribution in [3.05, 3.63) is 59.9 Å². The Morgan fingerprint density at radius 3 is 2.91 bits per heavy atom. The third-order valence-electron chi connectivity index (χ3n) is 5.59. The standard InChI is InChI=1S/C23H23N3O6/c27-18-6-5-16(10-15-11-20(32-26-15)17-3-1-2-8-24-17)31-22(18)12-25-23(28)14-4-7-19-21(9-14)30-13-29-19/h1-4,7-9,11,16,18,22,27H,5-6,10,12-13H2,(H,25,28)/t16-,18-,22+/m0/s1. The fraction of sp³-hybridized carbons (Fsp3) is 0.348. The van der Waals surface area contributed by atoms with Crippen LogP contribution in [0.2, 0.25) is 0 Å². The molecule has 1 fully saturated rings. The molecule has 2 aromatic heterocycles. The zero-order valence-electron chi connectivity index (χ0n) is 17.3. The topological polar surface area (TPSA) is 116 Å². The van der Waals surface area contributed by atoms with Crippen LogP contribution in [-0.4, -0.2) is 52.8 Å². The highest BCUT2D eigenvalue weighted by molar-refractivity contribution is 5.94. The predicted molar refractivity (Wildman–Crippen MR) is 112 cm³/mol. The molecule has 0 radical (unpaired) electrons. The minimum Gasteiger partial charge on any atom is -0.454 e. The van der Waals surface area contributed by atoms with E-state index in [1.165, 1.54) is 0 Å². The molecule has 1 amide bonds. The largest absolute Gasteiger partial charge is 0.454 e. The highest BCUT2D eigenvalue weighted by Crippen LogP contribution is 2.32. The van der Waals surface area contributed by atoms with Gasteiger partial charge in [-0.15, -0.1) is 0 Å². The second kappa shape index (κ2) is 8.97. The Kier molecular flexibility index (Phi) is 5.74. The van der Waals surface area contributed by atoms with Gasteiger partial charge in [0.1, 0.15) is 11.8 Å². The summed E-state index contributed by atoms with van der Waals surface area (Å²) in [6.45, 7) is 0.349. The van der Waals surface area contributed by atoms with E-state index in [9.17, 15) is 9.90 Å². The van der Waals surface area contributed by atoms with E-state index < -0.39 is 12.2 Å². The number of fused-ring (bicyclic) bond motifs is 1. The molecule has 2 aliphatic rings. The van der Waals surface area contributed by atoms with Crippen LogP contribution in [0.5, 0.6) is 11.5 Å². The van der Waals surface area contributed by atoms with Crippen molar-refractivity contribution in [3.63, 3.8) is 0 Å². The molecule has 3 atom stereocenters. The second-order valence-electron chi connectivity index (χ2n) is 7.82. The first-order valence-electron chi connectivity index (χ1n) is 10.5. The summed E-state index contributed by atoms with van der Waals surface area (Å²) in [7, 11) is 0. The van der Waals surface area contributed by atoms with Gasteiger partial charge in [-0.2, -0.15) is 0 Å². The number of benzene rings is 1. The van der Waals surface area contributed by atoms with Gasteiger partial charge in [0, 0.05) is 30.8 Å². The number of aliphatic hydroxyl groups excluding tert-OH is 1. The molecular formula is C23H23N3O6. The summed E-state index contributed by atoms with van der Waals surface area (Å²) in [6.07, 6.45) is 2.24. The smallest absolute Gasteiger partial charge is 0.251 e. The van der Waals surface area contributed by atoms with Crippen molar-refractivity contribution in [2.24, 2.45) is 0 Å². The van der Waals surface area contributed by atoms with Gasteiger partial charge in [0.2, 0.25) is 6.79 Å². The Hall–Kier alpha value is -3.43. The van der Waals surface area contributed by atoms with Crippen LogP contribution in [0, 0.1) is 0 Å². The van der Waals surface area contributed by atoms with E-state index in [0.29, 0.717) is 42.1 Å². The van der Waals surface area contributed by atoms with Crippen LogP contribution in [0.15, 0.2) is 53.2 Å². The number of aromatic nitrogens is 2. The molecule has 2 aliphatic heterocycles. The summed E-state index contributed by atoms with van der Waals surface area (Å²) in [5.41, 5.74) is 1.94. The predicted octanol–water partition coefficient (Wildman–Crippen LogP) is 2.35. The number of pyridine rings is 1. The average Bonchev–Trinajstić information content (AvgIpc) is 3.49. The van der Waals surface area contributed by atoms with Gasteiger partial charge >= 0.3 is 0 Å². The number of hydrogen-bond donors (Lipinski definition) is 2. The molecule has 0 aliphatic carbocycles. The Bertz CT molecular complexity index is 1090. The Morgan fingerprint density at radius 2 is 2.03 bits per heavy atom. The molecule has 1 aromatic carbocycles.